The van der Waals surface area contributed by atoms with Crippen LogP contribution in [0.25, 0.3) is 6.08 Å². The lowest BCUT2D eigenvalue weighted by Crippen LogP contribution is -2.46. The molecule has 11 heteroatoms. The van der Waals surface area contributed by atoms with Gasteiger partial charge >= 0.3 is 5.97 Å². The number of benzene rings is 1. The molecule has 0 atom stereocenters. The summed E-state index contributed by atoms with van der Waals surface area (Å²) in [5.74, 6) is -0.327. The van der Waals surface area contributed by atoms with Crippen molar-refractivity contribution in [3.63, 3.8) is 0 Å². The quantitative estimate of drug-likeness (QED) is 0.291. The van der Waals surface area contributed by atoms with Crippen LogP contribution in [0.4, 0.5) is 0 Å². The van der Waals surface area contributed by atoms with Gasteiger partial charge in [0, 0.05) is 13.0 Å². The zero-order valence-corrected chi connectivity index (χ0v) is 21.0. The Kier molecular flexibility index (Phi) is 9.73. The molecule has 0 saturated carbocycles. The van der Waals surface area contributed by atoms with Crippen LogP contribution in [0.15, 0.2) is 23.1 Å². The molecule has 0 spiro atoms. The lowest BCUT2D eigenvalue weighted by molar-refractivity contribution is -0.145. The van der Waals surface area contributed by atoms with Crippen LogP contribution < -0.4 is 14.9 Å². The van der Waals surface area contributed by atoms with Gasteiger partial charge in [-0.1, -0.05) is 24.2 Å². The second kappa shape index (κ2) is 12.7. The molecule has 2 aliphatic rings. The molecule has 9 nitrogen and oxygen atoms in total. The monoisotopic (exact) mass is 507 g/mol. The number of likely N-dealkylation sites (tertiary alicyclic amines) is 1. The average Bonchev–Trinajstić information content (AvgIpc) is 3.09. The topological polar surface area (TPSA) is 97.4 Å². The smallest absolute Gasteiger partial charge is 0.344 e. The molecular formula is C23H29N3O6S2. The lowest BCUT2D eigenvalue weighted by atomic mass is 10.1. The van der Waals surface area contributed by atoms with E-state index in [9.17, 15) is 14.4 Å². The molecule has 0 aliphatic carbocycles. The standard InChI is InChI=1S/C23H29N3O6S2/c1-3-31-21(28)15-32-17-8-7-16(13-18(17)30-2)14-19-22(29)26(23(33)34-19)24-20(27)9-12-25-10-5-4-6-11-25/h7-8,13-14H,3-6,9-12,15H2,1-2H3,(H,24,27)/b19-14-. The van der Waals surface area contributed by atoms with Crippen molar-refractivity contribution in [3.8, 4) is 11.5 Å². The number of carbonyl (C=O) groups excluding carboxylic acids is 3. The summed E-state index contributed by atoms with van der Waals surface area (Å²) in [4.78, 5) is 39.4. The maximum absolute atomic E-state index is 12.8. The number of nitrogens with one attached hydrogen (secondary N) is 1. The van der Waals surface area contributed by atoms with E-state index >= 15 is 0 Å². The Balaban J connectivity index is 1.60. The van der Waals surface area contributed by atoms with E-state index in [1.54, 1.807) is 31.2 Å². The van der Waals surface area contributed by atoms with Gasteiger partial charge in [0.05, 0.1) is 18.6 Å². The molecule has 2 saturated heterocycles. The van der Waals surface area contributed by atoms with E-state index in [4.69, 9.17) is 26.4 Å². The van der Waals surface area contributed by atoms with Gasteiger partial charge in [-0.25, -0.2) is 4.79 Å². The molecule has 0 bridgehead atoms. The molecule has 1 aromatic carbocycles. The highest BCUT2D eigenvalue weighted by molar-refractivity contribution is 8.26. The summed E-state index contributed by atoms with van der Waals surface area (Å²) in [5.41, 5.74) is 3.31. The van der Waals surface area contributed by atoms with Crippen LogP contribution in [0.1, 0.15) is 38.2 Å². The third-order valence-corrected chi connectivity index (χ3v) is 6.57. The number of carbonyl (C=O) groups is 3. The van der Waals surface area contributed by atoms with E-state index in [2.05, 4.69) is 10.3 Å². The number of esters is 1. The summed E-state index contributed by atoms with van der Waals surface area (Å²) in [6, 6.07) is 5.06. The maximum Gasteiger partial charge on any atom is 0.344 e. The number of hydrogen-bond acceptors (Lipinski definition) is 9. The minimum atomic E-state index is -0.477. The van der Waals surface area contributed by atoms with Crippen molar-refractivity contribution in [2.75, 3.05) is 40.0 Å². The normalized spacial score (nSPS) is 17.7. The van der Waals surface area contributed by atoms with Gasteiger partial charge in [0.1, 0.15) is 0 Å². The van der Waals surface area contributed by atoms with Gasteiger partial charge in [0.25, 0.3) is 5.91 Å². The van der Waals surface area contributed by atoms with E-state index in [-0.39, 0.29) is 29.3 Å². The number of hydrazine groups is 1. The van der Waals surface area contributed by atoms with E-state index in [0.29, 0.717) is 34.9 Å². The second-order valence-electron chi connectivity index (χ2n) is 7.71. The molecule has 0 aromatic heterocycles. The van der Waals surface area contributed by atoms with Gasteiger partial charge in [0.15, 0.2) is 22.4 Å². The zero-order chi connectivity index (χ0) is 24.5. The summed E-state index contributed by atoms with van der Waals surface area (Å²) in [6.45, 7) is 4.44. The SMILES string of the molecule is CCOC(=O)COc1ccc(/C=C2\SC(=S)N(NC(=O)CCN3CCCCC3)C2=O)cc1OC. The molecule has 1 N–H and O–H groups in total. The lowest BCUT2D eigenvalue weighted by Gasteiger charge is -2.26. The van der Waals surface area contributed by atoms with Crippen molar-refractivity contribution >= 4 is 52.2 Å². The molecule has 184 valence electrons. The molecule has 1 aromatic rings. The molecule has 2 aliphatic heterocycles. The molecule has 0 unspecified atom stereocenters. The van der Waals surface area contributed by atoms with Crippen molar-refractivity contribution in [2.24, 2.45) is 0 Å². The van der Waals surface area contributed by atoms with Crippen LogP contribution in [0.3, 0.4) is 0 Å². The Morgan fingerprint density at radius 2 is 1.97 bits per heavy atom. The first-order valence-corrected chi connectivity index (χ1v) is 12.4. The number of methoxy groups -OCH3 is 1. The second-order valence-corrected chi connectivity index (χ2v) is 9.38. The molecular weight excluding hydrogens is 478 g/mol. The van der Waals surface area contributed by atoms with E-state index in [0.717, 1.165) is 42.7 Å². The largest absolute Gasteiger partial charge is 0.493 e. The minimum Gasteiger partial charge on any atom is -0.493 e. The average molecular weight is 508 g/mol. The molecule has 34 heavy (non-hydrogen) atoms. The van der Waals surface area contributed by atoms with Gasteiger partial charge in [-0.3, -0.25) is 15.0 Å². The van der Waals surface area contributed by atoms with E-state index in [1.807, 2.05) is 0 Å². The molecule has 2 fully saturated rings. The van der Waals surface area contributed by atoms with Gasteiger partial charge in [-0.15, -0.1) is 0 Å². The Bertz CT molecular complexity index is 962. The number of nitrogens with zero attached hydrogens (tertiary/aromatic N) is 2. The van der Waals surface area contributed by atoms with Crippen LogP contribution in [0, 0.1) is 0 Å². The van der Waals surface area contributed by atoms with Crippen LogP contribution in [-0.4, -0.2) is 72.0 Å². The van der Waals surface area contributed by atoms with Crippen LogP contribution in [-0.2, 0) is 19.1 Å². The fraction of sp³-hybridized carbons (Fsp3) is 0.478. The summed E-state index contributed by atoms with van der Waals surface area (Å²) >= 11 is 6.41. The Hall–Kier alpha value is -2.63. The molecule has 3 rings (SSSR count). The Labute approximate surface area is 208 Å². The van der Waals surface area contributed by atoms with Gasteiger partial charge in [-0.05, 0) is 68.8 Å². The number of piperidine rings is 1. The summed E-state index contributed by atoms with van der Waals surface area (Å²) < 4.78 is 15.9. The number of amides is 2. The highest BCUT2D eigenvalue weighted by Crippen LogP contribution is 2.34. The van der Waals surface area contributed by atoms with Crippen molar-refractivity contribution in [2.45, 2.75) is 32.6 Å². The number of hydrogen-bond donors (Lipinski definition) is 1. The van der Waals surface area contributed by atoms with Gasteiger partial charge < -0.3 is 19.1 Å². The van der Waals surface area contributed by atoms with Crippen LogP contribution >= 0.6 is 24.0 Å². The fourth-order valence-corrected chi connectivity index (χ4v) is 4.75. The molecule has 2 heterocycles. The number of rotatable bonds is 10. The van der Waals surface area contributed by atoms with Crippen molar-refractivity contribution in [1.29, 1.82) is 0 Å². The summed E-state index contributed by atoms with van der Waals surface area (Å²) in [7, 11) is 1.48. The van der Waals surface area contributed by atoms with Crippen molar-refractivity contribution in [1.82, 2.24) is 15.3 Å². The minimum absolute atomic E-state index is 0.236. The maximum atomic E-state index is 12.8. The summed E-state index contributed by atoms with van der Waals surface area (Å²) in [6.07, 6.45) is 5.52. The fourth-order valence-electron chi connectivity index (χ4n) is 3.57. The predicted octanol–water partition coefficient (Wildman–Crippen LogP) is 2.75. The zero-order valence-electron chi connectivity index (χ0n) is 19.3. The third-order valence-electron chi connectivity index (χ3n) is 5.27. The number of thiocarbonyl (C=S) groups is 1. The highest BCUT2D eigenvalue weighted by atomic mass is 32.2. The van der Waals surface area contributed by atoms with Gasteiger partial charge in [0.2, 0.25) is 5.91 Å². The third kappa shape index (κ3) is 7.18. The van der Waals surface area contributed by atoms with Crippen molar-refractivity contribution < 1.29 is 28.6 Å². The van der Waals surface area contributed by atoms with E-state index in [1.165, 1.54) is 13.5 Å². The highest BCUT2D eigenvalue weighted by Gasteiger charge is 2.33. The molecule has 0 radical (unpaired) electrons. The van der Waals surface area contributed by atoms with Crippen LogP contribution in [0.5, 0.6) is 11.5 Å². The predicted molar refractivity (Wildman–Crippen MR) is 133 cm³/mol. The first-order chi connectivity index (χ1) is 16.4. The Morgan fingerprint density at radius 3 is 2.68 bits per heavy atom. The van der Waals surface area contributed by atoms with E-state index < -0.39 is 5.97 Å². The molecule has 2 amide bonds. The summed E-state index contributed by atoms with van der Waals surface area (Å²) in [5, 5.41) is 1.12. The van der Waals surface area contributed by atoms with Gasteiger partial charge in [-0.2, -0.15) is 5.01 Å². The number of ether oxygens (including phenoxy) is 3. The first kappa shape index (κ1) is 26.0. The van der Waals surface area contributed by atoms with Crippen molar-refractivity contribution in [3.05, 3.63) is 28.7 Å². The van der Waals surface area contributed by atoms with Crippen LogP contribution in [0.2, 0.25) is 0 Å². The Morgan fingerprint density at radius 1 is 1.21 bits per heavy atom. The number of thioether (sulfide) groups is 1. The first-order valence-electron chi connectivity index (χ1n) is 11.2.